The van der Waals surface area contributed by atoms with Crippen molar-refractivity contribution in [3.63, 3.8) is 0 Å². The third-order valence-corrected chi connectivity index (χ3v) is 4.37. The minimum atomic E-state index is 0.112. The van der Waals surface area contributed by atoms with Gasteiger partial charge in [0.15, 0.2) is 0 Å². The van der Waals surface area contributed by atoms with Crippen molar-refractivity contribution >= 4 is 17.2 Å². The molecule has 2 heterocycles. The van der Waals surface area contributed by atoms with E-state index >= 15 is 0 Å². The molecule has 0 saturated carbocycles. The smallest absolute Gasteiger partial charge is 0.225 e. The van der Waals surface area contributed by atoms with E-state index in [1.54, 1.807) is 11.3 Å². The average molecular weight is 253 g/mol. The summed E-state index contributed by atoms with van der Waals surface area (Å²) in [6.07, 6.45) is 3.84. The standard InChI is InChI=1S/C12H19N3OS/c1-3-9-6-14-11(17-9)7-15-12(16)10-4-5-13-8(10)2/h6,8,10,13H,3-5,7H2,1-2H3,(H,15,16). The summed E-state index contributed by atoms with van der Waals surface area (Å²) in [5, 5.41) is 7.26. The lowest BCUT2D eigenvalue weighted by Crippen LogP contribution is -2.36. The topological polar surface area (TPSA) is 54.0 Å². The number of aromatic nitrogens is 1. The molecule has 94 valence electrons. The highest BCUT2D eigenvalue weighted by atomic mass is 32.1. The molecule has 17 heavy (non-hydrogen) atoms. The second kappa shape index (κ2) is 5.60. The molecule has 2 N–H and O–H groups in total. The molecule has 1 aromatic heterocycles. The zero-order chi connectivity index (χ0) is 12.3. The Labute approximate surface area is 106 Å². The molecule has 0 bridgehead atoms. The molecule has 1 amide bonds. The molecule has 0 aromatic carbocycles. The van der Waals surface area contributed by atoms with Gasteiger partial charge in [-0.15, -0.1) is 11.3 Å². The monoisotopic (exact) mass is 253 g/mol. The summed E-state index contributed by atoms with van der Waals surface area (Å²) in [4.78, 5) is 17.5. The second-order valence-electron chi connectivity index (χ2n) is 4.43. The Morgan fingerprint density at radius 3 is 3.12 bits per heavy atom. The van der Waals surface area contributed by atoms with Gasteiger partial charge in [0, 0.05) is 17.1 Å². The van der Waals surface area contributed by atoms with E-state index in [9.17, 15) is 4.79 Å². The van der Waals surface area contributed by atoms with Gasteiger partial charge in [-0.2, -0.15) is 0 Å². The number of rotatable bonds is 4. The molecule has 2 rings (SSSR count). The largest absolute Gasteiger partial charge is 0.349 e. The number of nitrogens with zero attached hydrogens (tertiary/aromatic N) is 1. The Balaban J connectivity index is 1.83. The summed E-state index contributed by atoms with van der Waals surface area (Å²) in [5.74, 6) is 0.261. The second-order valence-corrected chi connectivity index (χ2v) is 5.63. The number of aryl methyl sites for hydroxylation is 1. The Morgan fingerprint density at radius 1 is 1.71 bits per heavy atom. The van der Waals surface area contributed by atoms with Crippen molar-refractivity contribution in [3.8, 4) is 0 Å². The lowest BCUT2D eigenvalue weighted by atomic mass is 10.0. The van der Waals surface area contributed by atoms with E-state index in [1.165, 1.54) is 4.88 Å². The first-order chi connectivity index (χ1) is 8.20. The fourth-order valence-electron chi connectivity index (χ4n) is 2.10. The molecule has 0 radical (unpaired) electrons. The summed E-state index contributed by atoms with van der Waals surface area (Å²) in [6.45, 7) is 5.68. The average Bonchev–Trinajstić information content (AvgIpc) is 2.94. The highest BCUT2D eigenvalue weighted by molar-refractivity contribution is 7.11. The van der Waals surface area contributed by atoms with Crippen LogP contribution < -0.4 is 10.6 Å². The molecule has 2 atom stereocenters. The van der Waals surface area contributed by atoms with Gasteiger partial charge in [0.25, 0.3) is 0 Å². The minimum Gasteiger partial charge on any atom is -0.349 e. The quantitative estimate of drug-likeness (QED) is 0.851. The molecule has 1 aromatic rings. The van der Waals surface area contributed by atoms with Gasteiger partial charge in [-0.05, 0) is 26.3 Å². The molecule has 1 aliphatic heterocycles. The first-order valence-corrected chi connectivity index (χ1v) is 6.97. The van der Waals surface area contributed by atoms with E-state index in [0.717, 1.165) is 24.4 Å². The van der Waals surface area contributed by atoms with Crippen LogP contribution in [0.2, 0.25) is 0 Å². The molecule has 0 aliphatic carbocycles. The van der Waals surface area contributed by atoms with Crippen molar-refractivity contribution in [1.29, 1.82) is 0 Å². The first-order valence-electron chi connectivity index (χ1n) is 6.15. The number of thiazole rings is 1. The summed E-state index contributed by atoms with van der Waals surface area (Å²) in [6, 6.07) is 0.289. The van der Waals surface area contributed by atoms with E-state index in [2.05, 4.69) is 29.5 Å². The Bertz CT molecular complexity index is 391. The molecule has 4 nitrogen and oxygen atoms in total. The number of hydrogen-bond donors (Lipinski definition) is 2. The van der Waals surface area contributed by atoms with Gasteiger partial charge in [-0.1, -0.05) is 6.92 Å². The maximum atomic E-state index is 11.9. The van der Waals surface area contributed by atoms with Crippen LogP contribution in [0.3, 0.4) is 0 Å². The normalized spacial score (nSPS) is 23.9. The number of carbonyl (C=O) groups excluding carboxylic acids is 1. The molecule has 1 aliphatic rings. The predicted octanol–water partition coefficient (Wildman–Crippen LogP) is 1.32. The zero-order valence-corrected chi connectivity index (χ0v) is 11.1. The molecular formula is C12H19N3OS. The van der Waals surface area contributed by atoms with Crippen LogP contribution in [0, 0.1) is 5.92 Å². The Kier molecular flexibility index (Phi) is 4.12. The molecule has 5 heteroatoms. The summed E-state index contributed by atoms with van der Waals surface area (Å²) in [7, 11) is 0. The highest BCUT2D eigenvalue weighted by Gasteiger charge is 2.29. The van der Waals surface area contributed by atoms with Gasteiger partial charge >= 0.3 is 0 Å². The van der Waals surface area contributed by atoms with E-state index < -0.39 is 0 Å². The SMILES string of the molecule is CCc1cnc(CNC(=O)C2CCNC2C)s1. The van der Waals surface area contributed by atoms with Gasteiger partial charge < -0.3 is 10.6 Å². The van der Waals surface area contributed by atoms with Crippen molar-refractivity contribution in [2.24, 2.45) is 5.92 Å². The van der Waals surface area contributed by atoms with Gasteiger partial charge in [0.2, 0.25) is 5.91 Å². The van der Waals surface area contributed by atoms with Crippen LogP contribution in [0.4, 0.5) is 0 Å². The number of hydrogen-bond acceptors (Lipinski definition) is 4. The summed E-state index contributed by atoms with van der Waals surface area (Å²) < 4.78 is 0. The zero-order valence-electron chi connectivity index (χ0n) is 10.3. The van der Waals surface area contributed by atoms with Crippen LogP contribution in [0.15, 0.2) is 6.20 Å². The lowest BCUT2D eigenvalue weighted by Gasteiger charge is -2.14. The van der Waals surface area contributed by atoms with Gasteiger partial charge in [-0.3, -0.25) is 4.79 Å². The Hall–Kier alpha value is -0.940. The Morgan fingerprint density at radius 2 is 2.53 bits per heavy atom. The molecular weight excluding hydrogens is 234 g/mol. The molecule has 0 spiro atoms. The number of amides is 1. The summed E-state index contributed by atoms with van der Waals surface area (Å²) in [5.41, 5.74) is 0. The van der Waals surface area contributed by atoms with Gasteiger partial charge in [-0.25, -0.2) is 4.98 Å². The first kappa shape index (κ1) is 12.5. The van der Waals surface area contributed by atoms with Crippen molar-refractivity contribution in [1.82, 2.24) is 15.6 Å². The third kappa shape index (κ3) is 3.04. The lowest BCUT2D eigenvalue weighted by molar-refractivity contribution is -0.125. The fraction of sp³-hybridized carbons (Fsp3) is 0.667. The van der Waals surface area contributed by atoms with E-state index in [0.29, 0.717) is 6.54 Å². The number of nitrogens with one attached hydrogen (secondary N) is 2. The van der Waals surface area contributed by atoms with Crippen molar-refractivity contribution in [2.45, 2.75) is 39.3 Å². The van der Waals surface area contributed by atoms with E-state index in [1.807, 2.05) is 6.20 Å². The highest BCUT2D eigenvalue weighted by Crippen LogP contribution is 2.16. The van der Waals surface area contributed by atoms with Crippen LogP contribution in [0.1, 0.15) is 30.2 Å². The van der Waals surface area contributed by atoms with Crippen LogP contribution in [0.25, 0.3) is 0 Å². The maximum absolute atomic E-state index is 11.9. The van der Waals surface area contributed by atoms with Crippen LogP contribution in [0.5, 0.6) is 0 Å². The molecule has 1 saturated heterocycles. The van der Waals surface area contributed by atoms with Gasteiger partial charge in [0.1, 0.15) is 5.01 Å². The maximum Gasteiger partial charge on any atom is 0.225 e. The fourth-order valence-corrected chi connectivity index (χ4v) is 2.91. The number of carbonyl (C=O) groups is 1. The van der Waals surface area contributed by atoms with E-state index in [4.69, 9.17) is 0 Å². The molecule has 2 unspecified atom stereocenters. The predicted molar refractivity (Wildman–Crippen MR) is 68.9 cm³/mol. The van der Waals surface area contributed by atoms with Crippen molar-refractivity contribution in [2.75, 3.05) is 6.54 Å². The van der Waals surface area contributed by atoms with Crippen LogP contribution >= 0.6 is 11.3 Å². The summed E-state index contributed by atoms with van der Waals surface area (Å²) >= 11 is 1.68. The van der Waals surface area contributed by atoms with E-state index in [-0.39, 0.29) is 17.9 Å². The minimum absolute atomic E-state index is 0.112. The van der Waals surface area contributed by atoms with Crippen molar-refractivity contribution < 1.29 is 4.79 Å². The van der Waals surface area contributed by atoms with Crippen molar-refractivity contribution in [3.05, 3.63) is 16.1 Å². The molecule has 1 fully saturated rings. The van der Waals surface area contributed by atoms with Crippen LogP contribution in [-0.4, -0.2) is 23.5 Å². The third-order valence-electron chi connectivity index (χ3n) is 3.23. The van der Waals surface area contributed by atoms with Gasteiger partial charge in [0.05, 0.1) is 12.5 Å². The van der Waals surface area contributed by atoms with Crippen LogP contribution in [-0.2, 0) is 17.8 Å².